The van der Waals surface area contributed by atoms with Gasteiger partial charge in [0, 0.05) is 13.5 Å². The van der Waals surface area contributed by atoms with Crippen LogP contribution in [0.15, 0.2) is 36.4 Å². The number of carbonyl (C=O) groups is 2. The first-order valence-electron chi connectivity index (χ1n) is 11.0. The van der Waals surface area contributed by atoms with Crippen molar-refractivity contribution in [3.8, 4) is 5.75 Å². The van der Waals surface area contributed by atoms with Crippen LogP contribution in [0.5, 0.6) is 5.75 Å². The van der Waals surface area contributed by atoms with Gasteiger partial charge in [0.05, 0.1) is 13.0 Å². The minimum atomic E-state index is -0.968. The van der Waals surface area contributed by atoms with Crippen molar-refractivity contribution in [2.24, 2.45) is 11.8 Å². The lowest BCUT2D eigenvalue weighted by Crippen LogP contribution is -2.34. The van der Waals surface area contributed by atoms with Crippen LogP contribution in [0.3, 0.4) is 0 Å². The van der Waals surface area contributed by atoms with Crippen molar-refractivity contribution in [1.82, 2.24) is 5.32 Å². The Labute approximate surface area is 185 Å². The van der Waals surface area contributed by atoms with E-state index in [0.717, 1.165) is 34.9 Å². The Morgan fingerprint density at radius 3 is 2.29 bits per heavy atom. The van der Waals surface area contributed by atoms with Gasteiger partial charge in [-0.1, -0.05) is 51.5 Å². The monoisotopic (exact) mass is 429 g/mol. The van der Waals surface area contributed by atoms with Crippen molar-refractivity contribution in [2.45, 2.75) is 59.7 Å². The van der Waals surface area contributed by atoms with Crippen LogP contribution in [-0.4, -0.2) is 32.0 Å². The molecule has 2 aromatic rings. The summed E-state index contributed by atoms with van der Waals surface area (Å²) in [5.74, 6) is 0.821. The molecule has 2 aromatic carbocycles. The normalized spacial score (nSPS) is 14.0. The Balaban J connectivity index is 1.88. The third-order valence-electron chi connectivity index (χ3n) is 5.40. The molecule has 1 amide bonds. The fourth-order valence-corrected chi connectivity index (χ4v) is 3.55. The van der Waals surface area contributed by atoms with E-state index in [1.54, 1.807) is 21.0 Å². The van der Waals surface area contributed by atoms with Gasteiger partial charge in [0.2, 0.25) is 6.29 Å². The van der Waals surface area contributed by atoms with E-state index in [2.05, 4.69) is 26.1 Å². The summed E-state index contributed by atoms with van der Waals surface area (Å²) in [5.41, 5.74) is 0.832. The van der Waals surface area contributed by atoms with Crippen molar-refractivity contribution in [3.05, 3.63) is 42.0 Å². The molecule has 0 fully saturated rings. The van der Waals surface area contributed by atoms with E-state index in [4.69, 9.17) is 14.2 Å². The van der Waals surface area contributed by atoms with E-state index < -0.39 is 24.3 Å². The van der Waals surface area contributed by atoms with Gasteiger partial charge in [-0.15, -0.1) is 0 Å². The first kappa shape index (κ1) is 24.5. The lowest BCUT2D eigenvalue weighted by molar-refractivity contribution is -0.166. The zero-order valence-electron chi connectivity index (χ0n) is 19.4. The second-order valence-electron chi connectivity index (χ2n) is 8.39. The van der Waals surface area contributed by atoms with Gasteiger partial charge in [-0.3, -0.25) is 4.79 Å². The third-order valence-corrected chi connectivity index (χ3v) is 5.40. The molecular weight excluding hydrogens is 394 g/mol. The van der Waals surface area contributed by atoms with Crippen LogP contribution in [-0.2, 0) is 14.3 Å². The number of alkyl carbamates (subject to hydrolysis) is 1. The van der Waals surface area contributed by atoms with Gasteiger partial charge < -0.3 is 19.5 Å². The molecule has 0 aromatic heterocycles. The van der Waals surface area contributed by atoms with Crippen molar-refractivity contribution >= 4 is 22.8 Å². The number of esters is 1. The highest BCUT2D eigenvalue weighted by Crippen LogP contribution is 2.26. The summed E-state index contributed by atoms with van der Waals surface area (Å²) in [6.07, 6.45) is 0.482. The molecule has 0 saturated carbocycles. The average molecular weight is 430 g/mol. The molecular formula is C25H35NO5. The molecule has 0 heterocycles. The number of carbonyl (C=O) groups excluding carboxylic acids is 2. The van der Waals surface area contributed by atoms with Gasteiger partial charge >= 0.3 is 12.1 Å². The molecule has 0 saturated heterocycles. The third kappa shape index (κ3) is 7.46. The number of amides is 1. The Bertz CT molecular complexity index is 879. The number of ether oxygens (including phenoxy) is 3. The summed E-state index contributed by atoms with van der Waals surface area (Å²) in [6.45, 7) is 10.3. The standard InChI is InChI=1S/C25H35NO5/c1-7-19(12-16(2)3)15-26-25(28)31-18(5)30-24(27)17(4)20-8-9-22-14-23(29-6)11-10-21(22)13-20/h8-11,13-14,16-19H,7,12,15H2,1-6H3,(H,26,28)/t17-,18+,19+/m0/s1. The molecule has 6 nitrogen and oxygen atoms in total. The number of benzene rings is 2. The number of rotatable bonds is 10. The van der Waals surface area contributed by atoms with Gasteiger partial charge in [-0.25, -0.2) is 4.79 Å². The highest BCUT2D eigenvalue weighted by Gasteiger charge is 2.22. The quantitative estimate of drug-likeness (QED) is 0.391. The topological polar surface area (TPSA) is 73.9 Å². The molecule has 0 unspecified atom stereocenters. The van der Waals surface area contributed by atoms with Gasteiger partial charge in [-0.05, 0) is 53.6 Å². The molecule has 3 atom stereocenters. The van der Waals surface area contributed by atoms with E-state index in [1.807, 2.05) is 36.4 Å². The summed E-state index contributed by atoms with van der Waals surface area (Å²) in [7, 11) is 1.63. The molecule has 2 rings (SSSR count). The number of fused-ring (bicyclic) bond motifs is 1. The molecule has 1 N–H and O–H groups in total. The maximum Gasteiger partial charge on any atom is 0.410 e. The van der Waals surface area contributed by atoms with Gasteiger partial charge in [0.15, 0.2) is 0 Å². The zero-order valence-corrected chi connectivity index (χ0v) is 19.4. The first-order chi connectivity index (χ1) is 14.7. The molecule has 170 valence electrons. The lowest BCUT2D eigenvalue weighted by Gasteiger charge is -2.20. The van der Waals surface area contributed by atoms with Crippen LogP contribution in [0, 0.1) is 11.8 Å². The fraction of sp³-hybridized carbons (Fsp3) is 0.520. The van der Waals surface area contributed by atoms with Gasteiger partial charge in [0.25, 0.3) is 0 Å². The number of methoxy groups -OCH3 is 1. The van der Waals surface area contributed by atoms with Crippen molar-refractivity contribution in [3.63, 3.8) is 0 Å². The summed E-state index contributed by atoms with van der Waals surface area (Å²) < 4.78 is 15.8. The first-order valence-corrected chi connectivity index (χ1v) is 11.0. The predicted octanol–water partition coefficient (Wildman–Crippen LogP) is 5.64. The zero-order chi connectivity index (χ0) is 23.0. The van der Waals surface area contributed by atoms with Crippen molar-refractivity contribution < 1.29 is 23.8 Å². The largest absolute Gasteiger partial charge is 0.497 e. The van der Waals surface area contributed by atoms with Gasteiger partial charge in [-0.2, -0.15) is 0 Å². The SMILES string of the molecule is CC[C@@H](CNC(=O)O[C@H](C)OC(=O)[C@@H](C)c1ccc2cc(OC)ccc2c1)CC(C)C. The van der Waals surface area contributed by atoms with Crippen molar-refractivity contribution in [1.29, 1.82) is 0 Å². The second kappa shape index (κ2) is 11.6. The highest BCUT2D eigenvalue weighted by molar-refractivity contribution is 5.86. The molecule has 6 heteroatoms. The maximum atomic E-state index is 12.6. The minimum Gasteiger partial charge on any atom is -0.497 e. The maximum absolute atomic E-state index is 12.6. The second-order valence-corrected chi connectivity index (χ2v) is 8.39. The summed E-state index contributed by atoms with van der Waals surface area (Å²) in [4.78, 5) is 24.6. The average Bonchev–Trinajstić information content (AvgIpc) is 2.74. The Hall–Kier alpha value is -2.76. The number of nitrogens with one attached hydrogen (secondary N) is 1. The summed E-state index contributed by atoms with van der Waals surface area (Å²) >= 11 is 0. The summed E-state index contributed by atoms with van der Waals surface area (Å²) in [6, 6.07) is 11.6. The smallest absolute Gasteiger partial charge is 0.410 e. The van der Waals surface area contributed by atoms with E-state index in [-0.39, 0.29) is 0 Å². The van der Waals surface area contributed by atoms with Crippen LogP contribution in [0.2, 0.25) is 0 Å². The van der Waals surface area contributed by atoms with E-state index >= 15 is 0 Å². The Morgan fingerprint density at radius 1 is 0.968 bits per heavy atom. The van der Waals surface area contributed by atoms with Crippen LogP contribution in [0.25, 0.3) is 10.8 Å². The molecule has 0 spiro atoms. The molecule has 0 radical (unpaired) electrons. The molecule has 0 bridgehead atoms. The van der Waals surface area contributed by atoms with Crippen LogP contribution in [0.4, 0.5) is 4.79 Å². The Kier molecular flexibility index (Phi) is 9.16. The number of hydrogen-bond acceptors (Lipinski definition) is 5. The Morgan fingerprint density at radius 2 is 1.65 bits per heavy atom. The van der Waals surface area contributed by atoms with Crippen LogP contribution >= 0.6 is 0 Å². The van der Waals surface area contributed by atoms with E-state index in [9.17, 15) is 9.59 Å². The molecule has 0 aliphatic rings. The molecule has 0 aliphatic carbocycles. The fourth-order valence-electron chi connectivity index (χ4n) is 3.55. The number of hydrogen-bond donors (Lipinski definition) is 1. The molecule has 31 heavy (non-hydrogen) atoms. The van der Waals surface area contributed by atoms with E-state index in [0.29, 0.717) is 18.4 Å². The lowest BCUT2D eigenvalue weighted by atomic mass is 9.95. The summed E-state index contributed by atoms with van der Waals surface area (Å²) in [5, 5.41) is 4.81. The highest BCUT2D eigenvalue weighted by atomic mass is 16.7. The van der Waals surface area contributed by atoms with E-state index in [1.165, 1.54) is 0 Å². The van der Waals surface area contributed by atoms with Crippen LogP contribution < -0.4 is 10.1 Å². The van der Waals surface area contributed by atoms with Gasteiger partial charge in [0.1, 0.15) is 5.75 Å². The predicted molar refractivity (Wildman–Crippen MR) is 122 cm³/mol. The minimum absolute atomic E-state index is 0.401. The van der Waals surface area contributed by atoms with Crippen molar-refractivity contribution in [2.75, 3.05) is 13.7 Å². The van der Waals surface area contributed by atoms with Crippen LogP contribution in [0.1, 0.15) is 58.9 Å². The molecule has 0 aliphatic heterocycles.